The van der Waals surface area contributed by atoms with Gasteiger partial charge in [-0.2, -0.15) is 0 Å². The molecule has 0 bridgehead atoms. The monoisotopic (exact) mass is 122 g/mol. The van der Waals surface area contributed by atoms with Crippen molar-refractivity contribution < 1.29 is 24.0 Å². The van der Waals surface area contributed by atoms with Crippen LogP contribution in [0.25, 0.3) is 0 Å². The van der Waals surface area contributed by atoms with Crippen molar-refractivity contribution in [2.24, 2.45) is 0 Å². The van der Waals surface area contributed by atoms with Crippen LogP contribution in [0.5, 0.6) is 0 Å². The van der Waals surface area contributed by atoms with Gasteiger partial charge in [0.25, 0.3) is 0 Å². The third kappa shape index (κ3) is 11.9. The fraction of sp³-hybridized carbons (Fsp3) is 1.00. The van der Waals surface area contributed by atoms with Crippen LogP contribution in [0.3, 0.4) is 0 Å². The van der Waals surface area contributed by atoms with E-state index >= 15 is 0 Å². The Labute approximate surface area is 70.0 Å². The molecule has 0 aromatic carbocycles. The molecule has 0 radical (unpaired) electrons. The quantitative estimate of drug-likeness (QED) is 0.315. The molecule has 0 atom stereocenters. The second-order valence-corrected chi connectivity index (χ2v) is 2.12. The standard InChI is InChI=1S/C7H15O.Li/c1-2-3-4-5-6-7-8;/h2-7H2,1H3;/q-1;+1. The van der Waals surface area contributed by atoms with Crippen LogP contribution in [0.1, 0.15) is 39.0 Å². The van der Waals surface area contributed by atoms with Gasteiger partial charge in [-0.1, -0.05) is 39.0 Å². The second kappa shape index (κ2) is 11.4. The summed E-state index contributed by atoms with van der Waals surface area (Å²) in [5.41, 5.74) is 0. The first-order chi connectivity index (χ1) is 3.91. The summed E-state index contributed by atoms with van der Waals surface area (Å²) in [6, 6.07) is 0. The Hall–Kier alpha value is 0.557. The first-order valence-electron chi connectivity index (χ1n) is 3.50. The van der Waals surface area contributed by atoms with E-state index in [0.717, 1.165) is 12.8 Å². The molecule has 0 unspecified atom stereocenters. The molecule has 0 aromatic rings. The normalized spacial score (nSPS) is 8.67. The molecule has 0 N–H and O–H groups in total. The molecule has 0 amide bonds. The van der Waals surface area contributed by atoms with Gasteiger partial charge < -0.3 is 5.11 Å². The van der Waals surface area contributed by atoms with Crippen molar-refractivity contribution in [2.75, 3.05) is 6.61 Å². The van der Waals surface area contributed by atoms with Crippen molar-refractivity contribution in [3.8, 4) is 0 Å². The van der Waals surface area contributed by atoms with Crippen molar-refractivity contribution in [3.05, 3.63) is 0 Å². The van der Waals surface area contributed by atoms with Gasteiger partial charge in [-0.3, -0.25) is 0 Å². The Morgan fingerprint density at radius 3 is 2.00 bits per heavy atom. The Balaban J connectivity index is 0. The van der Waals surface area contributed by atoms with Gasteiger partial charge in [0, 0.05) is 0 Å². The average molecular weight is 122 g/mol. The molecule has 0 aliphatic heterocycles. The summed E-state index contributed by atoms with van der Waals surface area (Å²) in [6.45, 7) is 2.29. The maximum absolute atomic E-state index is 9.89. The predicted octanol–water partition coefficient (Wildman–Crippen LogP) is -1.68. The van der Waals surface area contributed by atoms with Gasteiger partial charge in [0.15, 0.2) is 0 Å². The number of rotatable bonds is 5. The third-order valence-electron chi connectivity index (χ3n) is 1.25. The minimum absolute atomic E-state index is 0. The molecule has 0 rings (SSSR count). The van der Waals surface area contributed by atoms with E-state index in [9.17, 15) is 5.11 Å². The molecular weight excluding hydrogens is 107 g/mol. The van der Waals surface area contributed by atoms with Crippen LogP contribution in [0, 0.1) is 0 Å². The zero-order valence-corrected chi connectivity index (χ0v) is 6.65. The Kier molecular flexibility index (Phi) is 15.5. The summed E-state index contributed by atoms with van der Waals surface area (Å²) in [4.78, 5) is 0. The largest absolute Gasteiger partial charge is 1.00 e. The van der Waals surface area contributed by atoms with E-state index in [0.29, 0.717) is 0 Å². The average Bonchev–Trinajstić information content (AvgIpc) is 1.81. The fourth-order valence-electron chi connectivity index (χ4n) is 0.706. The fourth-order valence-corrected chi connectivity index (χ4v) is 0.706. The Bertz CT molecular complexity index is 33.9. The van der Waals surface area contributed by atoms with E-state index in [1.165, 1.54) is 19.3 Å². The molecule has 50 valence electrons. The topological polar surface area (TPSA) is 23.1 Å². The molecule has 9 heavy (non-hydrogen) atoms. The van der Waals surface area contributed by atoms with Gasteiger partial charge in [0.2, 0.25) is 0 Å². The number of hydrogen-bond acceptors (Lipinski definition) is 1. The van der Waals surface area contributed by atoms with Gasteiger partial charge in [-0.05, 0) is 0 Å². The first-order valence-corrected chi connectivity index (χ1v) is 3.50. The summed E-state index contributed by atoms with van der Waals surface area (Å²) < 4.78 is 0. The maximum atomic E-state index is 9.89. The second-order valence-electron chi connectivity index (χ2n) is 2.12. The van der Waals surface area contributed by atoms with E-state index in [4.69, 9.17) is 0 Å². The van der Waals surface area contributed by atoms with Gasteiger partial charge in [-0.15, -0.1) is 6.61 Å². The van der Waals surface area contributed by atoms with Crippen molar-refractivity contribution >= 4 is 0 Å². The maximum Gasteiger partial charge on any atom is 1.00 e. The van der Waals surface area contributed by atoms with E-state index in [1.54, 1.807) is 0 Å². The predicted molar refractivity (Wildman–Crippen MR) is 33.6 cm³/mol. The van der Waals surface area contributed by atoms with E-state index < -0.39 is 0 Å². The molecule has 0 saturated carbocycles. The van der Waals surface area contributed by atoms with E-state index in [1.807, 2.05) is 0 Å². The minimum atomic E-state index is 0. The first kappa shape index (κ1) is 12.3. The molecule has 2 heteroatoms. The van der Waals surface area contributed by atoms with Crippen LogP contribution in [-0.4, -0.2) is 6.61 Å². The SMILES string of the molecule is CCCCCCC[O-].[Li+]. The Morgan fingerprint density at radius 1 is 1.00 bits per heavy atom. The summed E-state index contributed by atoms with van der Waals surface area (Å²) in [5, 5.41) is 9.89. The molecule has 0 aliphatic carbocycles. The van der Waals surface area contributed by atoms with Gasteiger partial charge in [-0.25, -0.2) is 0 Å². The summed E-state index contributed by atoms with van der Waals surface area (Å²) in [6.07, 6.45) is 5.81. The number of hydrogen-bond donors (Lipinski definition) is 0. The van der Waals surface area contributed by atoms with E-state index in [2.05, 4.69) is 6.92 Å². The molecule has 1 nitrogen and oxygen atoms in total. The molecular formula is C7H15LiO. The Morgan fingerprint density at radius 2 is 1.56 bits per heavy atom. The smallest absolute Gasteiger partial charge is 0.854 e. The zero-order chi connectivity index (χ0) is 6.24. The van der Waals surface area contributed by atoms with Crippen LogP contribution >= 0.6 is 0 Å². The molecule has 0 aliphatic rings. The van der Waals surface area contributed by atoms with Crippen LogP contribution in [-0.2, 0) is 0 Å². The van der Waals surface area contributed by atoms with Gasteiger partial charge in [0.1, 0.15) is 0 Å². The molecule has 0 spiro atoms. The van der Waals surface area contributed by atoms with Crippen LogP contribution < -0.4 is 24.0 Å². The molecule has 0 heterocycles. The van der Waals surface area contributed by atoms with Gasteiger partial charge in [0.05, 0.1) is 0 Å². The van der Waals surface area contributed by atoms with Crippen molar-refractivity contribution in [2.45, 2.75) is 39.0 Å². The van der Waals surface area contributed by atoms with Crippen molar-refractivity contribution in [3.63, 3.8) is 0 Å². The molecule has 0 saturated heterocycles. The zero-order valence-electron chi connectivity index (χ0n) is 6.65. The summed E-state index contributed by atoms with van der Waals surface area (Å²) >= 11 is 0. The van der Waals surface area contributed by atoms with Gasteiger partial charge >= 0.3 is 18.9 Å². The van der Waals surface area contributed by atoms with Crippen molar-refractivity contribution in [1.82, 2.24) is 0 Å². The molecule has 0 aromatic heterocycles. The summed E-state index contributed by atoms with van der Waals surface area (Å²) in [5.74, 6) is 0. The summed E-state index contributed by atoms with van der Waals surface area (Å²) in [7, 11) is 0. The van der Waals surface area contributed by atoms with Crippen LogP contribution in [0.2, 0.25) is 0 Å². The molecule has 0 fully saturated rings. The van der Waals surface area contributed by atoms with Crippen molar-refractivity contribution in [1.29, 1.82) is 0 Å². The minimum Gasteiger partial charge on any atom is -0.854 e. The third-order valence-corrected chi connectivity index (χ3v) is 1.25. The van der Waals surface area contributed by atoms with Crippen LogP contribution in [0.15, 0.2) is 0 Å². The number of unbranched alkanes of at least 4 members (excludes halogenated alkanes) is 4. The van der Waals surface area contributed by atoms with Crippen LogP contribution in [0.4, 0.5) is 0 Å². The van der Waals surface area contributed by atoms with E-state index in [-0.39, 0.29) is 25.5 Å².